The predicted molar refractivity (Wildman–Crippen MR) is 100 cm³/mol. The smallest absolute Gasteiger partial charge is 0.321 e. The number of carbonyl (C=O) groups is 1. The lowest BCUT2D eigenvalue weighted by Crippen LogP contribution is -2.29. The van der Waals surface area contributed by atoms with Gasteiger partial charge >= 0.3 is 5.97 Å². The molecule has 0 aliphatic carbocycles. The zero-order valence-electron chi connectivity index (χ0n) is 14.4. The van der Waals surface area contributed by atoms with Crippen molar-refractivity contribution >= 4 is 27.8 Å². The van der Waals surface area contributed by atoms with Crippen LogP contribution >= 0.6 is 0 Å². The van der Waals surface area contributed by atoms with Crippen LogP contribution in [0.15, 0.2) is 60.0 Å². The Hall–Kier alpha value is -3.04. The molecular weight excluding hydrogens is 372 g/mol. The fraction of sp³-hybridized carbons (Fsp3) is 0.167. The molecule has 0 saturated carbocycles. The molecule has 9 heteroatoms. The highest BCUT2D eigenvalue weighted by Gasteiger charge is 2.16. The summed E-state index contributed by atoms with van der Waals surface area (Å²) in [5.41, 5.74) is 1.01. The number of nitrogens with zero attached hydrogens (tertiary/aromatic N) is 1. The third-order valence-electron chi connectivity index (χ3n) is 3.52. The molecule has 8 nitrogen and oxygen atoms in total. The molecule has 0 amide bonds. The second kappa shape index (κ2) is 9.06. The topological polar surface area (TPSA) is 116 Å². The molecular formula is C18H18N2O6S. The first-order valence-electron chi connectivity index (χ1n) is 7.93. The fourth-order valence-corrected chi connectivity index (χ4v) is 2.89. The van der Waals surface area contributed by atoms with E-state index in [0.717, 1.165) is 5.41 Å². The van der Waals surface area contributed by atoms with E-state index in [-0.39, 0.29) is 5.69 Å². The Labute approximate surface area is 156 Å². The lowest BCUT2D eigenvalue weighted by atomic mass is 10.1. The van der Waals surface area contributed by atoms with Gasteiger partial charge in [-0.05, 0) is 24.1 Å². The number of ether oxygens (including phenoxy) is 1. The van der Waals surface area contributed by atoms with Crippen molar-refractivity contribution in [1.82, 2.24) is 4.72 Å². The van der Waals surface area contributed by atoms with Crippen molar-refractivity contribution in [1.29, 1.82) is 0 Å². The molecule has 2 aromatic carbocycles. The van der Waals surface area contributed by atoms with Crippen LogP contribution in [0.25, 0.3) is 6.08 Å². The molecule has 0 aliphatic rings. The van der Waals surface area contributed by atoms with E-state index in [9.17, 15) is 23.3 Å². The van der Waals surface area contributed by atoms with Gasteiger partial charge in [0, 0.05) is 17.5 Å². The van der Waals surface area contributed by atoms with Crippen LogP contribution in [-0.2, 0) is 19.6 Å². The average molecular weight is 390 g/mol. The van der Waals surface area contributed by atoms with Crippen molar-refractivity contribution in [2.45, 2.75) is 13.0 Å². The first-order valence-corrected chi connectivity index (χ1v) is 9.48. The first-order chi connectivity index (χ1) is 12.8. The van der Waals surface area contributed by atoms with E-state index < -0.39 is 33.6 Å². The van der Waals surface area contributed by atoms with Crippen LogP contribution in [0, 0.1) is 10.1 Å². The number of benzene rings is 2. The van der Waals surface area contributed by atoms with E-state index in [2.05, 4.69) is 4.72 Å². The summed E-state index contributed by atoms with van der Waals surface area (Å²) < 4.78 is 31.0. The predicted octanol–water partition coefficient (Wildman–Crippen LogP) is 2.79. The molecule has 0 spiro atoms. The summed E-state index contributed by atoms with van der Waals surface area (Å²) in [5.74, 6) is -0.800. The molecule has 1 atom stereocenters. The summed E-state index contributed by atoms with van der Waals surface area (Å²) in [6.07, 6.45) is 0.640. The minimum atomic E-state index is -3.81. The van der Waals surface area contributed by atoms with Crippen molar-refractivity contribution in [3.8, 4) is 0 Å². The summed E-state index contributed by atoms with van der Waals surface area (Å²) in [6, 6.07) is 14.5. The quantitative estimate of drug-likeness (QED) is 0.421. The molecule has 0 saturated heterocycles. The van der Waals surface area contributed by atoms with Crippen molar-refractivity contribution in [2.75, 3.05) is 6.54 Å². The summed E-state index contributed by atoms with van der Waals surface area (Å²) in [7, 11) is -3.81. The summed E-state index contributed by atoms with van der Waals surface area (Å²) in [5, 5.41) is 11.7. The number of carbonyl (C=O) groups excluding carboxylic acids is 1. The molecule has 0 aromatic heterocycles. The van der Waals surface area contributed by atoms with Crippen LogP contribution < -0.4 is 4.72 Å². The van der Waals surface area contributed by atoms with Gasteiger partial charge in [0.05, 0.1) is 4.92 Å². The maximum atomic E-state index is 11.9. The maximum Gasteiger partial charge on any atom is 0.321 e. The number of sulfonamides is 1. The second-order valence-electron chi connectivity index (χ2n) is 5.56. The minimum absolute atomic E-state index is 0.123. The highest BCUT2D eigenvalue weighted by molar-refractivity contribution is 7.92. The van der Waals surface area contributed by atoms with Crippen LogP contribution in [-0.4, -0.2) is 25.9 Å². The number of nitro benzene ring substituents is 1. The zero-order valence-corrected chi connectivity index (χ0v) is 15.3. The number of non-ortho nitro benzene ring substituents is 1. The molecule has 1 N–H and O–H groups in total. The molecule has 0 radical (unpaired) electrons. The van der Waals surface area contributed by atoms with E-state index in [4.69, 9.17) is 4.74 Å². The SMILES string of the molecule is C[C@H](OC(=O)CNS(=O)(=O)/C=C/c1ccccc1)c1cccc([N+](=O)[O-])c1. The van der Waals surface area contributed by atoms with E-state index in [1.54, 1.807) is 37.3 Å². The van der Waals surface area contributed by atoms with E-state index in [1.807, 2.05) is 6.07 Å². The Morgan fingerprint density at radius 1 is 1.22 bits per heavy atom. The lowest BCUT2D eigenvalue weighted by Gasteiger charge is -2.13. The van der Waals surface area contributed by atoms with E-state index in [1.165, 1.54) is 24.3 Å². The van der Waals surface area contributed by atoms with Gasteiger partial charge in [-0.2, -0.15) is 0 Å². The summed E-state index contributed by atoms with van der Waals surface area (Å²) >= 11 is 0. The minimum Gasteiger partial charge on any atom is -0.457 e. The number of nitro groups is 1. The van der Waals surface area contributed by atoms with Crippen molar-refractivity contribution < 1.29 is 22.9 Å². The van der Waals surface area contributed by atoms with Gasteiger partial charge in [-0.15, -0.1) is 0 Å². The third-order valence-corrected chi connectivity index (χ3v) is 4.56. The van der Waals surface area contributed by atoms with Crippen LogP contribution in [0.3, 0.4) is 0 Å². The number of rotatable bonds is 8. The average Bonchev–Trinajstić information content (AvgIpc) is 2.66. The van der Waals surface area contributed by atoms with E-state index >= 15 is 0 Å². The Morgan fingerprint density at radius 3 is 2.59 bits per heavy atom. The van der Waals surface area contributed by atoms with Gasteiger partial charge in [0.15, 0.2) is 0 Å². The Morgan fingerprint density at radius 2 is 1.93 bits per heavy atom. The zero-order chi connectivity index (χ0) is 19.9. The molecule has 0 unspecified atom stereocenters. The fourth-order valence-electron chi connectivity index (χ4n) is 2.14. The number of hydrogen-bond donors (Lipinski definition) is 1. The summed E-state index contributed by atoms with van der Waals surface area (Å²) in [4.78, 5) is 22.1. The van der Waals surface area contributed by atoms with Gasteiger partial charge in [-0.1, -0.05) is 42.5 Å². The van der Waals surface area contributed by atoms with Crippen molar-refractivity contribution in [2.24, 2.45) is 0 Å². The Bertz CT molecular complexity index is 941. The standard InChI is InChI=1S/C18H18N2O6S/c1-14(16-8-5-9-17(12-16)20(22)23)26-18(21)13-19-27(24,25)11-10-15-6-3-2-4-7-15/h2-12,14,19H,13H2,1H3/b11-10+/t14-/m0/s1. The second-order valence-corrected chi connectivity index (χ2v) is 7.21. The number of esters is 1. The highest BCUT2D eigenvalue weighted by Crippen LogP contribution is 2.21. The largest absolute Gasteiger partial charge is 0.457 e. The first kappa shape index (κ1) is 20.3. The van der Waals surface area contributed by atoms with Crippen LogP contribution in [0.5, 0.6) is 0 Å². The van der Waals surface area contributed by atoms with Gasteiger partial charge < -0.3 is 4.74 Å². The number of hydrogen-bond acceptors (Lipinski definition) is 6. The maximum absolute atomic E-state index is 11.9. The van der Waals surface area contributed by atoms with Gasteiger partial charge in [0.1, 0.15) is 12.6 Å². The van der Waals surface area contributed by atoms with Crippen molar-refractivity contribution in [3.63, 3.8) is 0 Å². The van der Waals surface area contributed by atoms with Crippen LogP contribution in [0.2, 0.25) is 0 Å². The van der Waals surface area contributed by atoms with Gasteiger partial charge in [0.2, 0.25) is 10.0 Å². The molecule has 0 aliphatic heterocycles. The monoisotopic (exact) mass is 390 g/mol. The van der Waals surface area contributed by atoms with Crippen molar-refractivity contribution in [3.05, 3.63) is 81.2 Å². The Kier molecular flexibility index (Phi) is 6.80. The van der Waals surface area contributed by atoms with E-state index in [0.29, 0.717) is 11.1 Å². The molecule has 142 valence electrons. The molecule has 27 heavy (non-hydrogen) atoms. The molecule has 0 bridgehead atoms. The van der Waals surface area contributed by atoms with Gasteiger partial charge in [-0.3, -0.25) is 14.9 Å². The molecule has 2 aromatic rings. The van der Waals surface area contributed by atoms with Gasteiger partial charge in [0.25, 0.3) is 5.69 Å². The Balaban J connectivity index is 1.90. The third kappa shape index (κ3) is 6.65. The lowest BCUT2D eigenvalue weighted by molar-refractivity contribution is -0.385. The molecule has 0 heterocycles. The summed E-state index contributed by atoms with van der Waals surface area (Å²) in [6.45, 7) is 0.988. The normalized spacial score (nSPS) is 12.6. The van der Waals surface area contributed by atoms with Crippen LogP contribution in [0.1, 0.15) is 24.2 Å². The molecule has 2 rings (SSSR count). The number of nitrogens with one attached hydrogen (secondary N) is 1. The molecule has 0 fully saturated rings. The highest BCUT2D eigenvalue weighted by atomic mass is 32.2. The van der Waals surface area contributed by atoms with Crippen LogP contribution in [0.4, 0.5) is 5.69 Å². The van der Waals surface area contributed by atoms with Gasteiger partial charge in [-0.25, -0.2) is 13.1 Å².